The number of allylic oxidation sites excluding steroid dienone is 1. The lowest BCUT2D eigenvalue weighted by Crippen LogP contribution is -2.02. The molecule has 0 spiro atoms. The molecule has 3 aromatic rings. The van der Waals surface area contributed by atoms with Crippen molar-refractivity contribution >= 4 is 18.0 Å². The first-order valence-electron chi connectivity index (χ1n) is 10.1. The molecule has 0 bridgehead atoms. The summed E-state index contributed by atoms with van der Waals surface area (Å²) in [6, 6.07) is 15.5. The molecule has 0 saturated heterocycles. The van der Waals surface area contributed by atoms with Crippen LogP contribution >= 0.6 is 0 Å². The minimum Gasteiger partial charge on any atom is -0.261 e. The molecule has 2 aromatic carbocycles. The summed E-state index contributed by atoms with van der Waals surface area (Å²) in [5.41, 5.74) is 9.05. The molecule has 0 saturated carbocycles. The van der Waals surface area contributed by atoms with Gasteiger partial charge in [0.2, 0.25) is 0 Å². The summed E-state index contributed by atoms with van der Waals surface area (Å²) in [7, 11) is 0. The monoisotopic (exact) mass is 365 g/mol. The maximum absolute atomic E-state index is 4.79. The van der Waals surface area contributed by atoms with Crippen LogP contribution in [0.25, 0.3) is 6.08 Å². The number of aromatic nitrogens is 2. The predicted octanol–water partition coefficient (Wildman–Crippen LogP) is 4.87. The summed E-state index contributed by atoms with van der Waals surface area (Å²) in [6.45, 7) is 0. The van der Waals surface area contributed by atoms with E-state index in [1.165, 1.54) is 27.8 Å². The van der Waals surface area contributed by atoms with Gasteiger partial charge in [-0.1, -0.05) is 42.5 Å². The highest BCUT2D eigenvalue weighted by molar-refractivity contribution is 5.75. The topological polar surface area (TPSA) is 38.1 Å². The smallest absolute Gasteiger partial charge is 0.128 e. The highest BCUT2D eigenvalue weighted by atomic mass is 14.9. The van der Waals surface area contributed by atoms with E-state index in [9.17, 15) is 0 Å². The summed E-state index contributed by atoms with van der Waals surface area (Å²) in [5.74, 6) is 0.937. The van der Waals surface area contributed by atoms with Gasteiger partial charge in [0.15, 0.2) is 0 Å². The van der Waals surface area contributed by atoms with Gasteiger partial charge in [0.25, 0.3) is 0 Å². The fraction of sp³-hybridized carbons (Fsp3) is 0.240. The maximum Gasteiger partial charge on any atom is 0.128 e. The molecule has 1 aliphatic carbocycles. The van der Waals surface area contributed by atoms with Crippen LogP contribution in [0.15, 0.2) is 59.7 Å². The fourth-order valence-corrected chi connectivity index (χ4v) is 3.98. The number of nitrogens with zero attached hydrogens (tertiary/aromatic N) is 3. The van der Waals surface area contributed by atoms with Crippen LogP contribution in [-0.4, -0.2) is 16.2 Å². The molecule has 138 valence electrons. The SMILES string of the molecule is C1=Cc2cc(CCc3nccc(CCc4ccc5c(c4)N=CC5)n3)ccc2C1. The van der Waals surface area contributed by atoms with Gasteiger partial charge in [-0.3, -0.25) is 4.99 Å². The van der Waals surface area contributed by atoms with Gasteiger partial charge >= 0.3 is 0 Å². The number of aliphatic imine (C=N–C) groups is 1. The van der Waals surface area contributed by atoms with Gasteiger partial charge in [-0.2, -0.15) is 0 Å². The van der Waals surface area contributed by atoms with Gasteiger partial charge in [-0.05, 0) is 65.6 Å². The third kappa shape index (κ3) is 3.65. The van der Waals surface area contributed by atoms with Crippen molar-refractivity contribution in [1.82, 2.24) is 9.97 Å². The Labute approximate surface area is 165 Å². The lowest BCUT2D eigenvalue weighted by molar-refractivity contribution is 0.814. The highest BCUT2D eigenvalue weighted by Crippen LogP contribution is 2.25. The van der Waals surface area contributed by atoms with E-state index >= 15 is 0 Å². The van der Waals surface area contributed by atoms with Crippen LogP contribution in [0.2, 0.25) is 0 Å². The number of benzene rings is 2. The van der Waals surface area contributed by atoms with Crippen molar-refractivity contribution in [2.75, 3.05) is 0 Å². The molecule has 1 aliphatic heterocycles. The number of hydrogen-bond donors (Lipinski definition) is 0. The Morgan fingerprint density at radius 3 is 2.61 bits per heavy atom. The number of hydrogen-bond acceptors (Lipinski definition) is 3. The van der Waals surface area contributed by atoms with Crippen molar-refractivity contribution in [3.05, 3.63) is 94.1 Å². The molecule has 28 heavy (non-hydrogen) atoms. The summed E-state index contributed by atoms with van der Waals surface area (Å²) in [4.78, 5) is 13.7. The van der Waals surface area contributed by atoms with E-state index in [4.69, 9.17) is 4.98 Å². The number of fused-ring (bicyclic) bond motifs is 2. The number of aryl methyl sites for hydroxylation is 4. The maximum atomic E-state index is 4.79. The Bertz CT molecular complexity index is 996. The molecule has 0 fully saturated rings. The van der Waals surface area contributed by atoms with E-state index in [-0.39, 0.29) is 0 Å². The van der Waals surface area contributed by atoms with Crippen LogP contribution < -0.4 is 0 Å². The van der Waals surface area contributed by atoms with Gasteiger partial charge in [-0.25, -0.2) is 9.97 Å². The van der Waals surface area contributed by atoms with Crippen LogP contribution in [0.3, 0.4) is 0 Å². The molecule has 5 rings (SSSR count). The molecule has 0 amide bonds. The van der Waals surface area contributed by atoms with E-state index in [0.29, 0.717) is 0 Å². The molecule has 0 radical (unpaired) electrons. The Hall–Kier alpha value is -3.07. The molecule has 0 atom stereocenters. The zero-order valence-corrected chi connectivity index (χ0v) is 15.9. The fourth-order valence-electron chi connectivity index (χ4n) is 3.98. The highest BCUT2D eigenvalue weighted by Gasteiger charge is 2.09. The van der Waals surface area contributed by atoms with Gasteiger partial charge in [-0.15, -0.1) is 0 Å². The van der Waals surface area contributed by atoms with E-state index in [0.717, 1.165) is 55.7 Å². The Kier molecular flexibility index (Phi) is 4.58. The summed E-state index contributed by atoms with van der Waals surface area (Å²) >= 11 is 0. The van der Waals surface area contributed by atoms with Gasteiger partial charge in [0.05, 0.1) is 5.69 Å². The molecule has 2 aliphatic rings. The van der Waals surface area contributed by atoms with E-state index in [1.54, 1.807) is 0 Å². The summed E-state index contributed by atoms with van der Waals surface area (Å²) in [5, 5.41) is 0. The van der Waals surface area contributed by atoms with Crippen LogP contribution in [-0.2, 0) is 38.5 Å². The van der Waals surface area contributed by atoms with Crippen molar-refractivity contribution in [3.63, 3.8) is 0 Å². The zero-order chi connectivity index (χ0) is 18.8. The van der Waals surface area contributed by atoms with Gasteiger partial charge < -0.3 is 0 Å². The van der Waals surface area contributed by atoms with Crippen molar-refractivity contribution < 1.29 is 0 Å². The molecule has 2 heterocycles. The average Bonchev–Trinajstić information content (AvgIpc) is 3.39. The third-order valence-corrected chi connectivity index (χ3v) is 5.61. The largest absolute Gasteiger partial charge is 0.261 e. The minimum atomic E-state index is 0.879. The second-order valence-corrected chi connectivity index (χ2v) is 7.58. The average molecular weight is 365 g/mol. The first kappa shape index (κ1) is 17.1. The molecule has 0 unspecified atom stereocenters. The Morgan fingerprint density at radius 1 is 0.786 bits per heavy atom. The molecular formula is C25H23N3. The van der Waals surface area contributed by atoms with Crippen LogP contribution in [0.4, 0.5) is 5.69 Å². The van der Waals surface area contributed by atoms with Crippen LogP contribution in [0.1, 0.15) is 39.3 Å². The lowest BCUT2D eigenvalue weighted by atomic mass is 10.0. The lowest BCUT2D eigenvalue weighted by Gasteiger charge is -2.07. The van der Waals surface area contributed by atoms with Gasteiger partial charge in [0, 0.05) is 30.9 Å². The minimum absolute atomic E-state index is 0.879. The first-order valence-corrected chi connectivity index (χ1v) is 10.1. The standard InChI is InChI=1S/C25H23N3/c1-2-20-8-4-18(16-22(20)3-1)7-11-25-27-15-13-23(28-25)10-6-19-5-9-21-12-14-26-24(21)17-19/h1,3-5,8-9,13-17H,2,6-7,10-12H2. The molecule has 0 N–H and O–H groups in total. The quantitative estimate of drug-likeness (QED) is 0.625. The van der Waals surface area contributed by atoms with Crippen LogP contribution in [0.5, 0.6) is 0 Å². The normalized spacial score (nSPS) is 13.7. The molecule has 1 aromatic heterocycles. The molecule has 3 heteroatoms. The number of rotatable bonds is 6. The van der Waals surface area contributed by atoms with Crippen molar-refractivity contribution in [2.45, 2.75) is 38.5 Å². The second-order valence-electron chi connectivity index (χ2n) is 7.58. The molecular weight excluding hydrogens is 342 g/mol. The second kappa shape index (κ2) is 7.51. The first-order chi connectivity index (χ1) is 13.8. The predicted molar refractivity (Wildman–Crippen MR) is 114 cm³/mol. The van der Waals surface area contributed by atoms with Crippen molar-refractivity contribution in [3.8, 4) is 0 Å². The third-order valence-electron chi connectivity index (χ3n) is 5.61. The Morgan fingerprint density at radius 2 is 1.64 bits per heavy atom. The summed E-state index contributed by atoms with van der Waals surface area (Å²) < 4.78 is 0. The van der Waals surface area contributed by atoms with Gasteiger partial charge in [0.1, 0.15) is 5.82 Å². The van der Waals surface area contributed by atoms with Crippen LogP contribution in [0, 0.1) is 0 Å². The van der Waals surface area contributed by atoms with E-state index in [2.05, 4.69) is 58.5 Å². The van der Waals surface area contributed by atoms with Crippen molar-refractivity contribution in [2.24, 2.45) is 4.99 Å². The van der Waals surface area contributed by atoms with E-state index in [1.807, 2.05) is 18.5 Å². The summed E-state index contributed by atoms with van der Waals surface area (Å²) in [6.07, 6.45) is 14.1. The van der Waals surface area contributed by atoms with E-state index < -0.39 is 0 Å². The zero-order valence-electron chi connectivity index (χ0n) is 15.9. The molecule has 3 nitrogen and oxygen atoms in total. The van der Waals surface area contributed by atoms with Crippen molar-refractivity contribution in [1.29, 1.82) is 0 Å². The Balaban J connectivity index is 1.21.